The largest absolute Gasteiger partial charge is 0.448 e. The number of aromatic nitrogens is 1. The van der Waals surface area contributed by atoms with Gasteiger partial charge in [-0.15, -0.1) is 0 Å². The summed E-state index contributed by atoms with van der Waals surface area (Å²) in [6.07, 6.45) is 6.20. The molecule has 0 spiro atoms. The summed E-state index contributed by atoms with van der Waals surface area (Å²) in [6.45, 7) is 0.344. The highest BCUT2D eigenvalue weighted by Gasteiger charge is 2.41. The SMILES string of the molecule is N#Cc1ccc(C2=CC3CCC(C2)N3C(=O)OCC2c3ccccc3-c3ccccc32)nc1. The summed E-state index contributed by atoms with van der Waals surface area (Å²) in [6, 6.07) is 22.7. The maximum atomic E-state index is 13.2. The number of carbonyl (C=O) groups excluding carboxylic acids is 1. The van der Waals surface area contributed by atoms with Gasteiger partial charge in [0.1, 0.15) is 12.7 Å². The number of rotatable bonds is 3. The highest BCUT2D eigenvalue weighted by molar-refractivity contribution is 5.79. The molecule has 3 aromatic rings. The van der Waals surface area contributed by atoms with Gasteiger partial charge in [-0.1, -0.05) is 54.6 Å². The van der Waals surface area contributed by atoms with Crippen LogP contribution in [0.15, 0.2) is 72.9 Å². The van der Waals surface area contributed by atoms with Gasteiger partial charge in [0, 0.05) is 18.2 Å². The second-order valence-corrected chi connectivity index (χ2v) is 8.95. The maximum Gasteiger partial charge on any atom is 0.410 e. The molecule has 3 aliphatic rings. The minimum atomic E-state index is -0.229. The van der Waals surface area contributed by atoms with Crippen LogP contribution in [-0.4, -0.2) is 34.7 Å². The summed E-state index contributed by atoms with van der Waals surface area (Å²) in [5.74, 6) is 0.0674. The smallest absolute Gasteiger partial charge is 0.410 e. The summed E-state index contributed by atoms with van der Waals surface area (Å²) in [7, 11) is 0. The summed E-state index contributed by atoms with van der Waals surface area (Å²) in [5.41, 5.74) is 7.50. The van der Waals surface area contributed by atoms with Crippen LogP contribution >= 0.6 is 0 Å². The normalized spacial score (nSPS) is 20.6. The number of nitriles is 1. The lowest BCUT2D eigenvalue weighted by molar-refractivity contribution is 0.0866. The van der Waals surface area contributed by atoms with Gasteiger partial charge in [0.2, 0.25) is 0 Å². The van der Waals surface area contributed by atoms with Gasteiger partial charge in [-0.2, -0.15) is 5.26 Å². The molecular weight excluding hydrogens is 410 g/mol. The van der Waals surface area contributed by atoms with E-state index >= 15 is 0 Å². The van der Waals surface area contributed by atoms with Gasteiger partial charge >= 0.3 is 6.09 Å². The third-order valence-corrected chi connectivity index (χ3v) is 7.16. The van der Waals surface area contributed by atoms with E-state index in [1.165, 1.54) is 22.3 Å². The van der Waals surface area contributed by atoms with Crippen LogP contribution in [0.2, 0.25) is 0 Å². The maximum absolute atomic E-state index is 13.2. The Morgan fingerprint density at radius 3 is 2.39 bits per heavy atom. The molecule has 1 amide bonds. The summed E-state index contributed by atoms with van der Waals surface area (Å²) in [4.78, 5) is 19.6. The Morgan fingerprint density at radius 2 is 1.76 bits per heavy atom. The van der Waals surface area contributed by atoms with E-state index in [1.807, 2.05) is 23.1 Å². The molecule has 2 atom stereocenters. The number of ether oxygens (including phenoxy) is 1. The Labute approximate surface area is 192 Å². The van der Waals surface area contributed by atoms with Gasteiger partial charge in [0.15, 0.2) is 0 Å². The first-order valence-corrected chi connectivity index (χ1v) is 11.4. The molecule has 2 bridgehead atoms. The lowest BCUT2D eigenvalue weighted by Crippen LogP contribution is -2.43. The van der Waals surface area contributed by atoms with Crippen LogP contribution in [0.4, 0.5) is 4.79 Å². The van der Waals surface area contributed by atoms with Crippen molar-refractivity contribution in [2.75, 3.05) is 6.61 Å². The number of amides is 1. The molecular formula is C28H23N3O2. The molecule has 3 heterocycles. The van der Waals surface area contributed by atoms with Crippen LogP contribution in [0, 0.1) is 11.3 Å². The van der Waals surface area contributed by atoms with E-state index in [1.54, 1.807) is 12.3 Å². The molecule has 0 radical (unpaired) electrons. The fourth-order valence-electron chi connectivity index (χ4n) is 5.62. The Bertz CT molecular complexity index is 1260. The summed E-state index contributed by atoms with van der Waals surface area (Å²) < 4.78 is 5.94. The van der Waals surface area contributed by atoms with Gasteiger partial charge in [-0.3, -0.25) is 9.88 Å². The topological polar surface area (TPSA) is 66.2 Å². The van der Waals surface area contributed by atoms with Crippen LogP contribution in [0.3, 0.4) is 0 Å². The molecule has 2 aliphatic heterocycles. The first kappa shape index (κ1) is 19.8. The molecule has 1 saturated heterocycles. The highest BCUT2D eigenvalue weighted by Crippen LogP contribution is 2.45. The Hall–Kier alpha value is -3.91. The first-order valence-electron chi connectivity index (χ1n) is 11.4. The quantitative estimate of drug-likeness (QED) is 0.545. The lowest BCUT2D eigenvalue weighted by atomic mass is 9.97. The van der Waals surface area contributed by atoms with Crippen LogP contribution in [0.5, 0.6) is 0 Å². The van der Waals surface area contributed by atoms with Gasteiger partial charge < -0.3 is 4.74 Å². The van der Waals surface area contributed by atoms with E-state index in [2.05, 4.69) is 53.5 Å². The van der Waals surface area contributed by atoms with Crippen molar-refractivity contribution < 1.29 is 9.53 Å². The van der Waals surface area contributed by atoms with Crippen LogP contribution in [-0.2, 0) is 4.74 Å². The second-order valence-electron chi connectivity index (χ2n) is 8.95. The fourth-order valence-corrected chi connectivity index (χ4v) is 5.62. The molecule has 1 fully saturated rings. The molecule has 162 valence electrons. The van der Waals surface area contributed by atoms with E-state index in [-0.39, 0.29) is 24.1 Å². The number of hydrogen-bond donors (Lipinski definition) is 0. The van der Waals surface area contributed by atoms with Gasteiger partial charge in [-0.25, -0.2) is 4.79 Å². The lowest BCUT2D eigenvalue weighted by Gasteiger charge is -2.33. The van der Waals surface area contributed by atoms with E-state index in [9.17, 15) is 4.79 Å². The number of hydrogen-bond acceptors (Lipinski definition) is 4. The average Bonchev–Trinajstić information content (AvgIpc) is 3.33. The predicted molar refractivity (Wildman–Crippen MR) is 125 cm³/mol. The second kappa shape index (κ2) is 7.90. The van der Waals surface area contributed by atoms with Gasteiger partial charge in [-0.05, 0) is 59.2 Å². The van der Waals surface area contributed by atoms with Gasteiger partial charge in [0.05, 0.1) is 17.3 Å². The number of fused-ring (bicyclic) bond motifs is 5. The molecule has 0 saturated carbocycles. The summed E-state index contributed by atoms with van der Waals surface area (Å²) in [5, 5.41) is 9.00. The molecule has 2 unspecified atom stereocenters. The molecule has 1 aromatic heterocycles. The monoisotopic (exact) mass is 433 g/mol. The minimum absolute atomic E-state index is 0.0341. The average molecular weight is 434 g/mol. The minimum Gasteiger partial charge on any atom is -0.448 e. The van der Waals surface area contributed by atoms with E-state index in [0.29, 0.717) is 12.2 Å². The van der Waals surface area contributed by atoms with Crippen LogP contribution < -0.4 is 0 Å². The Morgan fingerprint density at radius 1 is 1.03 bits per heavy atom. The number of pyridine rings is 1. The zero-order valence-corrected chi connectivity index (χ0v) is 18.1. The Balaban J connectivity index is 1.19. The third-order valence-electron chi connectivity index (χ3n) is 7.16. The van der Waals surface area contributed by atoms with Crippen LogP contribution in [0.1, 0.15) is 47.6 Å². The fraction of sp³-hybridized carbons (Fsp3) is 0.250. The standard InChI is InChI=1S/C28H23N3O2/c29-15-18-9-12-27(30-16-18)19-13-20-10-11-21(14-19)31(20)28(32)33-17-26-24-7-3-1-5-22(24)23-6-2-4-8-25(23)26/h1-9,12-13,16,20-21,26H,10-11,14,17H2. The molecule has 5 heteroatoms. The van der Waals surface area contributed by atoms with Crippen molar-refractivity contribution in [2.45, 2.75) is 37.3 Å². The van der Waals surface area contributed by atoms with Crippen molar-refractivity contribution in [1.29, 1.82) is 5.26 Å². The van der Waals surface area contributed by atoms with Crippen molar-refractivity contribution in [3.63, 3.8) is 0 Å². The molecule has 1 aliphatic carbocycles. The van der Waals surface area contributed by atoms with Crippen molar-refractivity contribution >= 4 is 11.7 Å². The number of benzene rings is 2. The molecule has 0 N–H and O–H groups in total. The zero-order valence-electron chi connectivity index (χ0n) is 18.1. The molecule has 33 heavy (non-hydrogen) atoms. The Kier molecular flexibility index (Phi) is 4.73. The van der Waals surface area contributed by atoms with Gasteiger partial charge in [0.25, 0.3) is 0 Å². The zero-order chi connectivity index (χ0) is 22.4. The number of nitrogens with zero attached hydrogens (tertiary/aromatic N) is 3. The molecule has 6 rings (SSSR count). The number of carbonyl (C=O) groups is 1. The van der Waals surface area contributed by atoms with Crippen molar-refractivity contribution in [3.8, 4) is 17.2 Å². The van der Waals surface area contributed by atoms with Crippen molar-refractivity contribution in [3.05, 3.63) is 95.3 Å². The van der Waals surface area contributed by atoms with Crippen molar-refractivity contribution in [1.82, 2.24) is 9.88 Å². The molecule has 5 nitrogen and oxygen atoms in total. The highest BCUT2D eigenvalue weighted by atomic mass is 16.6. The third kappa shape index (κ3) is 3.30. The first-order chi connectivity index (χ1) is 16.2. The predicted octanol–water partition coefficient (Wildman–Crippen LogP) is 5.52. The molecule has 2 aromatic carbocycles. The van der Waals surface area contributed by atoms with E-state index < -0.39 is 0 Å². The van der Waals surface area contributed by atoms with Crippen molar-refractivity contribution in [2.24, 2.45) is 0 Å². The van der Waals surface area contributed by atoms with E-state index in [4.69, 9.17) is 10.00 Å². The van der Waals surface area contributed by atoms with E-state index in [0.717, 1.165) is 30.5 Å². The van der Waals surface area contributed by atoms with Crippen LogP contribution in [0.25, 0.3) is 16.7 Å². The summed E-state index contributed by atoms with van der Waals surface area (Å²) >= 11 is 0.